The van der Waals surface area contributed by atoms with Crippen LogP contribution in [0.4, 0.5) is 0 Å². The van der Waals surface area contributed by atoms with Gasteiger partial charge in [-0.3, -0.25) is 5.10 Å². The molecule has 33 heavy (non-hydrogen) atoms. The average molecular weight is 469 g/mol. The molecule has 3 rings (SSSR count). The Morgan fingerprint density at radius 2 is 1.88 bits per heavy atom. The first kappa shape index (κ1) is 25.2. The van der Waals surface area contributed by atoms with Crippen LogP contribution in [-0.2, 0) is 11.2 Å². The molecule has 1 aromatic carbocycles. The van der Waals surface area contributed by atoms with E-state index in [9.17, 15) is 20.4 Å². The van der Waals surface area contributed by atoms with E-state index in [2.05, 4.69) is 10.2 Å². The maximum Gasteiger partial charge on any atom is 0.238 e. The van der Waals surface area contributed by atoms with Crippen molar-refractivity contribution in [1.82, 2.24) is 10.2 Å². The van der Waals surface area contributed by atoms with E-state index >= 15 is 0 Å². The van der Waals surface area contributed by atoms with Gasteiger partial charge in [-0.15, -0.1) is 5.10 Å². The average Bonchev–Trinajstić information content (AvgIpc) is 3.20. The molecule has 1 aromatic heterocycles. The number of aromatic amines is 1. The quantitative estimate of drug-likeness (QED) is 0.272. The molecule has 0 amide bonds. The molecule has 0 radical (unpaired) electrons. The second kappa shape index (κ2) is 11.1. The Balaban J connectivity index is 1.88. The van der Waals surface area contributed by atoms with Crippen molar-refractivity contribution < 1.29 is 44.5 Å². The van der Waals surface area contributed by atoms with E-state index < -0.39 is 37.3 Å². The van der Waals surface area contributed by atoms with Gasteiger partial charge in [-0.1, -0.05) is 19.9 Å². The number of aromatic nitrogens is 2. The number of hydrogen-bond donors (Lipinski definition) is 6. The van der Waals surface area contributed by atoms with Crippen molar-refractivity contribution in [2.75, 3.05) is 26.9 Å². The fourth-order valence-electron chi connectivity index (χ4n) is 3.70. The highest BCUT2D eigenvalue weighted by Gasteiger charge is 2.45. The zero-order valence-corrected chi connectivity index (χ0v) is 18.8. The normalized spacial score (nSPS) is 25.3. The van der Waals surface area contributed by atoms with Crippen LogP contribution in [0.2, 0.25) is 0 Å². The van der Waals surface area contributed by atoms with Crippen LogP contribution >= 0.6 is 0 Å². The second-order valence-corrected chi connectivity index (χ2v) is 8.11. The first-order valence-electron chi connectivity index (χ1n) is 10.8. The van der Waals surface area contributed by atoms with Gasteiger partial charge in [-0.05, 0) is 17.5 Å². The minimum atomic E-state index is -1.56. The fourth-order valence-corrected chi connectivity index (χ4v) is 3.70. The van der Waals surface area contributed by atoms with E-state index in [1.165, 1.54) is 0 Å². The molecule has 11 heteroatoms. The van der Waals surface area contributed by atoms with E-state index in [0.29, 0.717) is 23.5 Å². The first-order valence-corrected chi connectivity index (χ1v) is 10.8. The molecule has 6 N–H and O–H groups in total. The van der Waals surface area contributed by atoms with E-state index in [4.69, 9.17) is 24.1 Å². The zero-order valence-electron chi connectivity index (χ0n) is 18.8. The number of benzene rings is 1. The van der Waals surface area contributed by atoms with Gasteiger partial charge >= 0.3 is 0 Å². The molecule has 1 fully saturated rings. The van der Waals surface area contributed by atoms with Crippen LogP contribution in [0.1, 0.15) is 36.6 Å². The Morgan fingerprint density at radius 3 is 2.52 bits per heavy atom. The maximum absolute atomic E-state index is 10.3. The Morgan fingerprint density at radius 1 is 1.12 bits per heavy atom. The summed E-state index contributed by atoms with van der Waals surface area (Å²) >= 11 is 0. The Bertz CT molecular complexity index is 902. The lowest BCUT2D eigenvalue weighted by atomic mass is 9.98. The highest BCUT2D eigenvalue weighted by atomic mass is 16.7. The van der Waals surface area contributed by atoms with Gasteiger partial charge < -0.3 is 44.5 Å². The lowest BCUT2D eigenvalue weighted by Gasteiger charge is -2.39. The molecule has 184 valence electrons. The van der Waals surface area contributed by atoms with Gasteiger partial charge in [0.05, 0.1) is 20.3 Å². The molecule has 11 nitrogen and oxygen atoms in total. The van der Waals surface area contributed by atoms with Gasteiger partial charge in [0.1, 0.15) is 42.5 Å². The van der Waals surface area contributed by atoms with Crippen molar-refractivity contribution in [3.8, 4) is 17.4 Å². The summed E-state index contributed by atoms with van der Waals surface area (Å²) in [6.45, 7) is 3.47. The lowest BCUT2D eigenvalue weighted by Crippen LogP contribution is -2.60. The van der Waals surface area contributed by atoms with Crippen molar-refractivity contribution >= 4 is 0 Å². The second-order valence-electron chi connectivity index (χ2n) is 8.11. The summed E-state index contributed by atoms with van der Waals surface area (Å²) < 4.78 is 22.2. The van der Waals surface area contributed by atoms with Gasteiger partial charge in [0, 0.05) is 23.7 Å². The van der Waals surface area contributed by atoms with E-state index in [1.807, 2.05) is 19.9 Å². The number of aliphatic hydroxyl groups excluding tert-OH is 5. The van der Waals surface area contributed by atoms with Crippen molar-refractivity contribution in [2.24, 2.45) is 0 Å². The summed E-state index contributed by atoms with van der Waals surface area (Å²) in [6, 6.07) is 5.32. The molecule has 0 bridgehead atoms. The number of hydrogen-bond acceptors (Lipinski definition) is 10. The predicted molar refractivity (Wildman–Crippen MR) is 115 cm³/mol. The first-order chi connectivity index (χ1) is 15.8. The number of rotatable bonds is 10. The monoisotopic (exact) mass is 468 g/mol. The Kier molecular flexibility index (Phi) is 8.51. The smallest absolute Gasteiger partial charge is 0.238 e. The van der Waals surface area contributed by atoms with E-state index in [1.54, 1.807) is 19.2 Å². The SMILES string of the molecule is COc1cc(OCCO)ccc1Cc1c(O[C@@H]2O[C@H](CO)[C@@H](O)[C@H](O)[C@H]2O)n[nH]c1C(C)C. The summed E-state index contributed by atoms with van der Waals surface area (Å²) in [5, 5.41) is 55.9. The van der Waals surface area contributed by atoms with Crippen LogP contribution in [0.25, 0.3) is 0 Å². The van der Waals surface area contributed by atoms with Crippen molar-refractivity contribution in [3.05, 3.63) is 35.0 Å². The number of ether oxygens (including phenoxy) is 4. The van der Waals surface area contributed by atoms with E-state index in [0.717, 1.165) is 11.3 Å². The topological polar surface area (TPSA) is 167 Å². The van der Waals surface area contributed by atoms with Crippen LogP contribution < -0.4 is 14.2 Å². The number of nitrogens with zero attached hydrogens (tertiary/aromatic N) is 1. The molecule has 5 atom stereocenters. The third kappa shape index (κ3) is 5.57. The molecule has 2 aromatic rings. The fraction of sp³-hybridized carbons (Fsp3) is 0.591. The largest absolute Gasteiger partial charge is 0.496 e. The minimum Gasteiger partial charge on any atom is -0.496 e. The molecule has 1 aliphatic heterocycles. The van der Waals surface area contributed by atoms with Crippen molar-refractivity contribution in [3.63, 3.8) is 0 Å². The number of methoxy groups -OCH3 is 1. The molecular formula is C22H32N2O9. The van der Waals surface area contributed by atoms with Crippen LogP contribution in [0.15, 0.2) is 18.2 Å². The molecule has 0 aliphatic carbocycles. The summed E-state index contributed by atoms with van der Waals surface area (Å²) in [6.07, 6.45) is -6.66. The molecule has 0 saturated carbocycles. The summed E-state index contributed by atoms with van der Waals surface area (Å²) in [4.78, 5) is 0. The maximum atomic E-state index is 10.3. The van der Waals surface area contributed by atoms with Crippen LogP contribution in [0.3, 0.4) is 0 Å². The van der Waals surface area contributed by atoms with Crippen LogP contribution in [0, 0.1) is 0 Å². The molecule has 1 aliphatic rings. The van der Waals surface area contributed by atoms with Crippen molar-refractivity contribution in [1.29, 1.82) is 0 Å². The van der Waals surface area contributed by atoms with Crippen molar-refractivity contribution in [2.45, 2.75) is 56.9 Å². The van der Waals surface area contributed by atoms with Gasteiger partial charge in [-0.2, -0.15) is 0 Å². The standard InChI is InChI=1S/C22H32N2O9/c1-11(2)17-14(8-12-4-5-13(31-7-6-25)9-15(12)30-3)21(24-23-17)33-22-20(29)19(28)18(27)16(10-26)32-22/h4-5,9,11,16,18-20,22,25-29H,6-8,10H2,1-3H3,(H,23,24)/t16-,18-,19+,20-,22+/m1/s1. The third-order valence-electron chi connectivity index (χ3n) is 5.50. The van der Waals surface area contributed by atoms with Crippen LogP contribution in [-0.4, -0.2) is 93.4 Å². The van der Waals surface area contributed by atoms with Gasteiger partial charge in [0.25, 0.3) is 0 Å². The summed E-state index contributed by atoms with van der Waals surface area (Å²) in [5.41, 5.74) is 2.32. The van der Waals surface area contributed by atoms with Gasteiger partial charge in [0.2, 0.25) is 12.2 Å². The van der Waals surface area contributed by atoms with E-state index in [-0.39, 0.29) is 25.0 Å². The third-order valence-corrected chi connectivity index (χ3v) is 5.50. The predicted octanol–water partition coefficient (Wildman–Crippen LogP) is -0.318. The number of aliphatic hydroxyl groups is 5. The molecule has 2 heterocycles. The highest BCUT2D eigenvalue weighted by Crippen LogP contribution is 2.34. The summed E-state index contributed by atoms with van der Waals surface area (Å²) in [7, 11) is 1.54. The molecular weight excluding hydrogens is 436 g/mol. The molecule has 0 unspecified atom stereocenters. The number of nitrogens with one attached hydrogen (secondary N) is 1. The molecule has 1 saturated heterocycles. The summed E-state index contributed by atoms with van der Waals surface area (Å²) in [5.74, 6) is 1.35. The van der Waals surface area contributed by atoms with Gasteiger partial charge in [-0.25, -0.2) is 0 Å². The van der Waals surface area contributed by atoms with Crippen LogP contribution in [0.5, 0.6) is 17.4 Å². The molecule has 0 spiro atoms. The number of H-pyrrole nitrogens is 1. The Hall–Kier alpha value is -2.41. The zero-order chi connectivity index (χ0) is 24.1. The Labute approximate surface area is 191 Å². The highest BCUT2D eigenvalue weighted by molar-refractivity contribution is 5.46. The van der Waals surface area contributed by atoms with Gasteiger partial charge in [0.15, 0.2) is 0 Å². The minimum absolute atomic E-state index is 0.0674. The lowest BCUT2D eigenvalue weighted by molar-refractivity contribution is -0.278.